The van der Waals surface area contributed by atoms with Crippen LogP contribution in [-0.2, 0) is 4.79 Å². The van der Waals surface area contributed by atoms with Gasteiger partial charge in [0.1, 0.15) is 5.82 Å². The van der Waals surface area contributed by atoms with Crippen molar-refractivity contribution in [1.82, 2.24) is 15.3 Å². The maximum Gasteiger partial charge on any atom is 0.224 e. The molecule has 29 heavy (non-hydrogen) atoms. The summed E-state index contributed by atoms with van der Waals surface area (Å²) in [6.07, 6.45) is 5.44. The molecule has 1 fully saturated rings. The second kappa shape index (κ2) is 9.44. The maximum absolute atomic E-state index is 12.7. The summed E-state index contributed by atoms with van der Waals surface area (Å²) in [6.45, 7) is 4.01. The highest BCUT2D eigenvalue weighted by Crippen LogP contribution is 2.27. The van der Waals surface area contributed by atoms with E-state index in [0.29, 0.717) is 17.0 Å². The number of benzene rings is 1. The van der Waals surface area contributed by atoms with Gasteiger partial charge in [-0.25, -0.2) is 4.98 Å². The van der Waals surface area contributed by atoms with Gasteiger partial charge in [0.2, 0.25) is 11.9 Å². The number of hydrogen-bond donors (Lipinski definition) is 2. The summed E-state index contributed by atoms with van der Waals surface area (Å²) in [7, 11) is 3.96. The van der Waals surface area contributed by atoms with Gasteiger partial charge in [0.25, 0.3) is 0 Å². The van der Waals surface area contributed by atoms with Crippen LogP contribution in [0.3, 0.4) is 0 Å². The molecular weight excluding hydrogens is 386 g/mol. The molecule has 1 aromatic carbocycles. The monoisotopic (exact) mass is 415 g/mol. The van der Waals surface area contributed by atoms with Crippen molar-refractivity contribution in [3.05, 3.63) is 46.6 Å². The molecule has 1 heterocycles. The average Bonchev–Trinajstić information content (AvgIpc) is 2.70. The highest BCUT2D eigenvalue weighted by atomic mass is 35.5. The summed E-state index contributed by atoms with van der Waals surface area (Å²) < 4.78 is 0. The van der Waals surface area contributed by atoms with Gasteiger partial charge in [-0.3, -0.25) is 4.79 Å². The SMILES string of the molecule is Cc1cnc(N[C@H]2CC[C@@H](C(=O)NC(C)c3ccc(Cl)cc3)CC2)nc1N(C)C. The highest BCUT2D eigenvalue weighted by Gasteiger charge is 2.27. The highest BCUT2D eigenvalue weighted by molar-refractivity contribution is 6.30. The van der Waals surface area contributed by atoms with Crippen LogP contribution in [0.15, 0.2) is 30.5 Å². The van der Waals surface area contributed by atoms with E-state index in [9.17, 15) is 4.79 Å². The summed E-state index contributed by atoms with van der Waals surface area (Å²) in [4.78, 5) is 23.7. The molecule has 156 valence electrons. The van der Waals surface area contributed by atoms with Crippen LogP contribution in [0.4, 0.5) is 11.8 Å². The van der Waals surface area contributed by atoms with Gasteiger partial charge in [0.05, 0.1) is 6.04 Å². The molecule has 1 unspecified atom stereocenters. The molecule has 3 rings (SSSR count). The molecule has 0 spiro atoms. The zero-order chi connectivity index (χ0) is 21.0. The van der Waals surface area contributed by atoms with Gasteiger partial charge in [-0.15, -0.1) is 0 Å². The van der Waals surface area contributed by atoms with Crippen LogP contribution < -0.4 is 15.5 Å². The Hall–Kier alpha value is -2.34. The number of carbonyl (C=O) groups is 1. The van der Waals surface area contributed by atoms with Crippen molar-refractivity contribution in [2.24, 2.45) is 5.92 Å². The van der Waals surface area contributed by atoms with E-state index < -0.39 is 0 Å². The number of hydrogen-bond acceptors (Lipinski definition) is 5. The fraction of sp³-hybridized carbons (Fsp3) is 0.500. The first-order chi connectivity index (χ1) is 13.8. The molecular formula is C22H30ClN5O. The number of amides is 1. The molecule has 1 atom stereocenters. The first-order valence-electron chi connectivity index (χ1n) is 10.2. The van der Waals surface area contributed by atoms with E-state index in [0.717, 1.165) is 42.6 Å². The van der Waals surface area contributed by atoms with Crippen LogP contribution >= 0.6 is 11.6 Å². The summed E-state index contributed by atoms with van der Waals surface area (Å²) in [5.74, 6) is 1.77. The van der Waals surface area contributed by atoms with Gasteiger partial charge in [-0.2, -0.15) is 4.98 Å². The lowest BCUT2D eigenvalue weighted by Gasteiger charge is -2.29. The molecule has 0 bridgehead atoms. The van der Waals surface area contributed by atoms with Crippen molar-refractivity contribution >= 4 is 29.3 Å². The van der Waals surface area contributed by atoms with Crippen molar-refractivity contribution in [1.29, 1.82) is 0 Å². The first-order valence-corrected chi connectivity index (χ1v) is 10.5. The molecule has 1 aliphatic rings. The van der Waals surface area contributed by atoms with E-state index in [1.54, 1.807) is 0 Å². The molecule has 1 amide bonds. The second-order valence-corrected chi connectivity index (χ2v) is 8.51. The number of anilines is 2. The predicted octanol–water partition coefficient (Wildman–Crippen LogP) is 4.35. The molecule has 1 saturated carbocycles. The minimum absolute atomic E-state index is 0.0268. The number of aryl methyl sites for hydroxylation is 1. The van der Waals surface area contributed by atoms with E-state index in [4.69, 9.17) is 11.6 Å². The maximum atomic E-state index is 12.7. The summed E-state index contributed by atoms with van der Waals surface area (Å²) in [5, 5.41) is 7.29. The van der Waals surface area contributed by atoms with Crippen molar-refractivity contribution in [2.45, 2.75) is 51.6 Å². The molecule has 2 N–H and O–H groups in total. The number of aromatic nitrogens is 2. The lowest BCUT2D eigenvalue weighted by Crippen LogP contribution is -2.37. The summed E-state index contributed by atoms with van der Waals surface area (Å²) >= 11 is 5.94. The van der Waals surface area contributed by atoms with E-state index in [-0.39, 0.29) is 17.9 Å². The van der Waals surface area contributed by atoms with Crippen LogP contribution in [0.1, 0.15) is 49.8 Å². The molecule has 1 aliphatic carbocycles. The third kappa shape index (κ3) is 5.60. The van der Waals surface area contributed by atoms with Crippen LogP contribution in [-0.4, -0.2) is 36.0 Å². The zero-order valence-corrected chi connectivity index (χ0v) is 18.3. The van der Waals surface area contributed by atoms with E-state index in [1.165, 1.54) is 0 Å². The summed E-state index contributed by atoms with van der Waals surface area (Å²) in [5.41, 5.74) is 2.11. The van der Waals surface area contributed by atoms with Gasteiger partial charge in [-0.05, 0) is 57.2 Å². The lowest BCUT2D eigenvalue weighted by molar-refractivity contribution is -0.126. The smallest absolute Gasteiger partial charge is 0.224 e. The molecule has 6 nitrogen and oxygen atoms in total. The van der Waals surface area contributed by atoms with Crippen LogP contribution in [0, 0.1) is 12.8 Å². The number of rotatable bonds is 6. The normalized spacial score (nSPS) is 20.0. The van der Waals surface area contributed by atoms with Crippen molar-refractivity contribution in [2.75, 3.05) is 24.3 Å². The zero-order valence-electron chi connectivity index (χ0n) is 17.6. The fourth-order valence-electron chi connectivity index (χ4n) is 3.80. The van der Waals surface area contributed by atoms with E-state index in [1.807, 2.05) is 63.3 Å². The molecule has 7 heteroatoms. The van der Waals surface area contributed by atoms with Crippen LogP contribution in [0.2, 0.25) is 5.02 Å². The quantitative estimate of drug-likeness (QED) is 0.733. The molecule has 2 aromatic rings. The Morgan fingerprint density at radius 1 is 1.17 bits per heavy atom. The standard InChI is InChI=1S/C22H30ClN5O/c1-14-13-24-22(27-20(14)28(3)4)26-19-11-7-17(8-12-19)21(29)25-15(2)16-5-9-18(23)10-6-16/h5-6,9-10,13,15,17,19H,7-8,11-12H2,1-4H3,(H,25,29)(H,24,26,27)/t15?,17-,19+. The number of carbonyl (C=O) groups excluding carboxylic acids is 1. The van der Waals surface area contributed by atoms with Gasteiger partial charge in [0.15, 0.2) is 0 Å². The van der Waals surface area contributed by atoms with E-state index >= 15 is 0 Å². The predicted molar refractivity (Wildman–Crippen MR) is 118 cm³/mol. The Morgan fingerprint density at radius 3 is 2.45 bits per heavy atom. The second-order valence-electron chi connectivity index (χ2n) is 8.07. The Balaban J connectivity index is 1.50. The van der Waals surface area contributed by atoms with Gasteiger partial charge in [0, 0.05) is 42.8 Å². The third-order valence-corrected chi connectivity index (χ3v) is 5.78. The largest absolute Gasteiger partial charge is 0.362 e. The Labute approximate surface area is 178 Å². The van der Waals surface area contributed by atoms with Crippen molar-refractivity contribution in [3.8, 4) is 0 Å². The topological polar surface area (TPSA) is 70.1 Å². The number of halogens is 1. The first kappa shape index (κ1) is 21.4. The lowest BCUT2D eigenvalue weighted by atomic mass is 9.85. The van der Waals surface area contributed by atoms with Crippen molar-refractivity contribution < 1.29 is 4.79 Å². The molecule has 0 radical (unpaired) electrons. The van der Waals surface area contributed by atoms with Crippen LogP contribution in [0.5, 0.6) is 0 Å². The third-order valence-electron chi connectivity index (χ3n) is 5.53. The number of nitrogens with one attached hydrogen (secondary N) is 2. The minimum Gasteiger partial charge on any atom is -0.362 e. The van der Waals surface area contributed by atoms with Crippen LogP contribution in [0.25, 0.3) is 0 Å². The number of nitrogens with zero attached hydrogens (tertiary/aromatic N) is 3. The van der Waals surface area contributed by atoms with Gasteiger partial charge in [-0.1, -0.05) is 23.7 Å². The Bertz CT molecular complexity index is 832. The fourth-order valence-corrected chi connectivity index (χ4v) is 3.93. The minimum atomic E-state index is -0.0268. The molecule has 1 aromatic heterocycles. The molecule has 0 aliphatic heterocycles. The Kier molecular flexibility index (Phi) is 6.96. The Morgan fingerprint density at radius 2 is 1.83 bits per heavy atom. The van der Waals surface area contributed by atoms with Gasteiger partial charge < -0.3 is 15.5 Å². The van der Waals surface area contributed by atoms with Gasteiger partial charge >= 0.3 is 0 Å². The average molecular weight is 416 g/mol. The van der Waals surface area contributed by atoms with Crippen molar-refractivity contribution in [3.63, 3.8) is 0 Å². The van der Waals surface area contributed by atoms with E-state index in [2.05, 4.69) is 20.6 Å². The molecule has 0 saturated heterocycles. The summed E-state index contributed by atoms with van der Waals surface area (Å²) in [6, 6.07) is 7.89.